The van der Waals surface area contributed by atoms with E-state index in [1.54, 1.807) is 0 Å². The standard InChI is InChI=1S/C7H16.C3H5ClO/c1-3-5-7-6-4-2;4-1-3-2-5-3/h3-7H2,1-2H3;3H,1-2H2. The highest BCUT2D eigenvalue weighted by Gasteiger charge is 2.19. The maximum Gasteiger partial charge on any atom is 0.0944 e. The maximum absolute atomic E-state index is 5.27. The quantitative estimate of drug-likeness (QED) is 0.369. The number of unbranched alkanes of at least 4 members (excludes halogenated alkanes) is 4. The van der Waals surface area contributed by atoms with Crippen molar-refractivity contribution in [2.45, 2.75) is 52.1 Å². The summed E-state index contributed by atoms with van der Waals surface area (Å²) in [7, 11) is 0. The zero-order valence-electron chi connectivity index (χ0n) is 8.31. The smallest absolute Gasteiger partial charge is 0.0944 e. The van der Waals surface area contributed by atoms with Crippen LogP contribution in [0.1, 0.15) is 46.0 Å². The molecule has 0 aromatic carbocycles. The first-order valence-electron chi connectivity index (χ1n) is 5.02. The Balaban J connectivity index is 0.000000211. The number of ether oxygens (including phenoxy) is 1. The third-order valence-electron chi connectivity index (χ3n) is 1.78. The van der Waals surface area contributed by atoms with E-state index in [1.807, 2.05) is 0 Å². The van der Waals surface area contributed by atoms with E-state index in [4.69, 9.17) is 16.3 Å². The first kappa shape index (κ1) is 12.2. The molecule has 0 bridgehead atoms. The van der Waals surface area contributed by atoms with Crippen LogP contribution in [0.5, 0.6) is 0 Å². The zero-order valence-corrected chi connectivity index (χ0v) is 9.07. The monoisotopic (exact) mass is 192 g/mol. The maximum atomic E-state index is 5.27. The number of rotatable bonds is 5. The fraction of sp³-hybridized carbons (Fsp3) is 1.00. The van der Waals surface area contributed by atoms with E-state index < -0.39 is 0 Å². The first-order chi connectivity index (χ1) is 5.85. The summed E-state index contributed by atoms with van der Waals surface area (Å²) in [6.07, 6.45) is 7.41. The Bertz CT molecular complexity index is 77.9. The van der Waals surface area contributed by atoms with Gasteiger partial charge in [0.1, 0.15) is 0 Å². The van der Waals surface area contributed by atoms with E-state index in [0.29, 0.717) is 12.0 Å². The van der Waals surface area contributed by atoms with Gasteiger partial charge < -0.3 is 4.74 Å². The molecule has 1 nitrogen and oxygen atoms in total. The molecule has 1 atom stereocenters. The molecule has 1 rings (SSSR count). The van der Waals surface area contributed by atoms with Gasteiger partial charge in [-0.25, -0.2) is 0 Å². The van der Waals surface area contributed by atoms with Crippen LogP contribution in [0.3, 0.4) is 0 Å². The van der Waals surface area contributed by atoms with Crippen LogP contribution >= 0.6 is 11.6 Å². The van der Waals surface area contributed by atoms with E-state index in [9.17, 15) is 0 Å². The second kappa shape index (κ2) is 9.34. The van der Waals surface area contributed by atoms with Crippen molar-refractivity contribution >= 4 is 11.6 Å². The van der Waals surface area contributed by atoms with Gasteiger partial charge in [0.15, 0.2) is 0 Å². The van der Waals surface area contributed by atoms with Gasteiger partial charge in [0.2, 0.25) is 0 Å². The summed E-state index contributed by atoms with van der Waals surface area (Å²) in [5.74, 6) is 0.667. The first-order valence-corrected chi connectivity index (χ1v) is 5.56. The lowest BCUT2D eigenvalue weighted by Crippen LogP contribution is -1.80. The van der Waals surface area contributed by atoms with Crippen LogP contribution in [0.2, 0.25) is 0 Å². The molecule has 1 saturated heterocycles. The lowest BCUT2D eigenvalue weighted by atomic mass is 10.2. The Morgan fingerprint density at radius 2 is 1.67 bits per heavy atom. The third-order valence-corrected chi connectivity index (χ3v) is 2.13. The van der Waals surface area contributed by atoms with Crippen LogP contribution < -0.4 is 0 Å². The van der Waals surface area contributed by atoms with Crippen LogP contribution in [-0.2, 0) is 4.74 Å². The molecule has 1 aliphatic heterocycles. The fourth-order valence-electron chi connectivity index (χ4n) is 0.834. The summed E-state index contributed by atoms with van der Waals surface area (Å²) in [6, 6.07) is 0. The molecular weight excluding hydrogens is 172 g/mol. The van der Waals surface area contributed by atoms with Gasteiger partial charge in [0.25, 0.3) is 0 Å². The molecule has 0 aromatic heterocycles. The van der Waals surface area contributed by atoms with Crippen molar-refractivity contribution in [3.8, 4) is 0 Å². The van der Waals surface area contributed by atoms with Crippen LogP contribution in [0.25, 0.3) is 0 Å². The zero-order chi connectivity index (χ0) is 9.23. The van der Waals surface area contributed by atoms with E-state index in [-0.39, 0.29) is 0 Å². The Labute approximate surface area is 81.4 Å². The van der Waals surface area contributed by atoms with Gasteiger partial charge in [0.05, 0.1) is 18.6 Å². The Kier molecular flexibility index (Phi) is 9.53. The molecule has 1 unspecified atom stereocenters. The molecule has 74 valence electrons. The molecule has 2 heteroatoms. The minimum absolute atomic E-state index is 0.400. The molecule has 0 aromatic rings. The molecule has 0 amide bonds. The number of alkyl halides is 1. The lowest BCUT2D eigenvalue weighted by Gasteiger charge is -1.90. The molecule has 0 radical (unpaired) electrons. The van der Waals surface area contributed by atoms with Crippen LogP contribution in [-0.4, -0.2) is 18.6 Å². The number of halogens is 1. The topological polar surface area (TPSA) is 12.5 Å². The lowest BCUT2D eigenvalue weighted by molar-refractivity contribution is 0.425. The largest absolute Gasteiger partial charge is 0.372 e. The molecule has 0 spiro atoms. The van der Waals surface area contributed by atoms with Crippen molar-refractivity contribution in [2.24, 2.45) is 0 Å². The van der Waals surface area contributed by atoms with Crippen molar-refractivity contribution in [3.05, 3.63) is 0 Å². The van der Waals surface area contributed by atoms with Gasteiger partial charge in [0, 0.05) is 0 Å². The highest BCUT2D eigenvalue weighted by Crippen LogP contribution is 2.08. The van der Waals surface area contributed by atoms with Crippen molar-refractivity contribution in [3.63, 3.8) is 0 Å². The molecular formula is C10H21ClO. The van der Waals surface area contributed by atoms with Gasteiger partial charge >= 0.3 is 0 Å². The Hall–Kier alpha value is 0.250. The molecule has 0 saturated carbocycles. The molecule has 1 fully saturated rings. The van der Waals surface area contributed by atoms with Crippen molar-refractivity contribution in [2.75, 3.05) is 12.5 Å². The SMILES string of the molecule is CCCCCCC.ClCC1CO1. The summed E-state index contributed by atoms with van der Waals surface area (Å²) < 4.78 is 4.73. The van der Waals surface area contributed by atoms with Crippen molar-refractivity contribution in [1.82, 2.24) is 0 Å². The molecule has 0 N–H and O–H groups in total. The van der Waals surface area contributed by atoms with Gasteiger partial charge in [-0.2, -0.15) is 0 Å². The molecule has 0 aliphatic carbocycles. The Morgan fingerprint density at radius 1 is 1.17 bits per heavy atom. The molecule has 1 aliphatic rings. The summed E-state index contributed by atoms with van der Waals surface area (Å²) in [6.45, 7) is 5.37. The van der Waals surface area contributed by atoms with Gasteiger partial charge in [-0.05, 0) is 0 Å². The highest BCUT2D eigenvalue weighted by atomic mass is 35.5. The predicted molar refractivity (Wildman–Crippen MR) is 54.9 cm³/mol. The Morgan fingerprint density at radius 3 is 1.83 bits per heavy atom. The van der Waals surface area contributed by atoms with Gasteiger partial charge in [-0.3, -0.25) is 0 Å². The average Bonchev–Trinajstić information content (AvgIpc) is 2.89. The van der Waals surface area contributed by atoms with Crippen molar-refractivity contribution in [1.29, 1.82) is 0 Å². The van der Waals surface area contributed by atoms with Crippen LogP contribution in [0.4, 0.5) is 0 Å². The molecule has 12 heavy (non-hydrogen) atoms. The van der Waals surface area contributed by atoms with E-state index in [2.05, 4.69) is 13.8 Å². The number of hydrogen-bond acceptors (Lipinski definition) is 1. The van der Waals surface area contributed by atoms with E-state index in [0.717, 1.165) is 6.61 Å². The minimum Gasteiger partial charge on any atom is -0.372 e. The normalized spacial score (nSPS) is 19.8. The fourth-order valence-corrected chi connectivity index (χ4v) is 1.01. The van der Waals surface area contributed by atoms with Gasteiger partial charge in [-0.1, -0.05) is 46.0 Å². The third kappa shape index (κ3) is 10.2. The molecule has 1 heterocycles. The van der Waals surface area contributed by atoms with Crippen molar-refractivity contribution < 1.29 is 4.74 Å². The van der Waals surface area contributed by atoms with Gasteiger partial charge in [-0.15, -0.1) is 11.6 Å². The van der Waals surface area contributed by atoms with Crippen LogP contribution in [0.15, 0.2) is 0 Å². The highest BCUT2D eigenvalue weighted by molar-refractivity contribution is 6.18. The van der Waals surface area contributed by atoms with Crippen LogP contribution in [0, 0.1) is 0 Å². The second-order valence-electron chi connectivity index (χ2n) is 3.17. The summed E-state index contributed by atoms with van der Waals surface area (Å²) >= 11 is 5.27. The number of epoxide rings is 1. The van der Waals surface area contributed by atoms with E-state index >= 15 is 0 Å². The predicted octanol–water partition coefficient (Wildman–Crippen LogP) is 3.60. The summed E-state index contributed by atoms with van der Waals surface area (Å²) in [5.41, 5.74) is 0. The number of hydrogen-bond donors (Lipinski definition) is 0. The minimum atomic E-state index is 0.400. The van der Waals surface area contributed by atoms with E-state index in [1.165, 1.54) is 32.1 Å². The average molecular weight is 193 g/mol. The summed E-state index contributed by atoms with van der Waals surface area (Å²) in [4.78, 5) is 0. The summed E-state index contributed by atoms with van der Waals surface area (Å²) in [5, 5.41) is 0. The second-order valence-corrected chi connectivity index (χ2v) is 3.48.